The van der Waals surface area contributed by atoms with E-state index < -0.39 is 0 Å². The van der Waals surface area contributed by atoms with Gasteiger partial charge in [-0.1, -0.05) is 6.07 Å². The first-order valence-corrected chi connectivity index (χ1v) is 6.09. The molecule has 0 aliphatic heterocycles. The van der Waals surface area contributed by atoms with E-state index in [0.29, 0.717) is 5.56 Å². The van der Waals surface area contributed by atoms with Crippen LogP contribution in [0.3, 0.4) is 0 Å². The lowest BCUT2D eigenvalue weighted by atomic mass is 10.2. The monoisotopic (exact) mass is 255 g/mol. The third-order valence-corrected chi connectivity index (χ3v) is 2.87. The molecule has 0 aliphatic rings. The molecule has 19 heavy (non-hydrogen) atoms. The number of pyridine rings is 2. The minimum atomic E-state index is 0.0350. The van der Waals surface area contributed by atoms with Crippen LogP contribution >= 0.6 is 0 Å². The average Bonchev–Trinajstić information content (AvgIpc) is 2.46. The number of hydrogen-bond donors (Lipinski definition) is 2. The zero-order valence-electron chi connectivity index (χ0n) is 10.9. The van der Waals surface area contributed by atoms with E-state index in [1.54, 1.807) is 18.5 Å². The fourth-order valence-corrected chi connectivity index (χ4v) is 1.85. The number of nitrogen functional groups attached to an aromatic ring is 1. The van der Waals surface area contributed by atoms with Crippen molar-refractivity contribution in [1.29, 1.82) is 5.41 Å². The van der Waals surface area contributed by atoms with E-state index in [0.717, 1.165) is 24.5 Å². The predicted molar refractivity (Wildman–Crippen MR) is 76.5 cm³/mol. The highest BCUT2D eigenvalue weighted by Gasteiger charge is 2.10. The second-order valence-corrected chi connectivity index (χ2v) is 4.28. The number of amidine groups is 1. The van der Waals surface area contributed by atoms with E-state index >= 15 is 0 Å². The summed E-state index contributed by atoms with van der Waals surface area (Å²) in [4.78, 5) is 10.6. The number of nitrogens with one attached hydrogen (secondary N) is 1. The van der Waals surface area contributed by atoms with Crippen molar-refractivity contribution in [2.75, 3.05) is 18.5 Å². The van der Waals surface area contributed by atoms with E-state index in [9.17, 15) is 0 Å². The summed E-state index contributed by atoms with van der Waals surface area (Å²) >= 11 is 0. The van der Waals surface area contributed by atoms with Gasteiger partial charge in [-0.05, 0) is 24.3 Å². The Balaban J connectivity index is 2.08. The van der Waals surface area contributed by atoms with Crippen LogP contribution in [0, 0.1) is 5.41 Å². The third kappa shape index (κ3) is 3.28. The molecular formula is C14H17N5. The molecule has 0 saturated carbocycles. The topological polar surface area (TPSA) is 78.9 Å². The first-order chi connectivity index (χ1) is 9.18. The number of anilines is 1. The maximum Gasteiger partial charge on any atom is 0.139 e. The zero-order valence-corrected chi connectivity index (χ0v) is 10.9. The molecule has 2 heterocycles. The number of rotatable bonds is 5. The fourth-order valence-electron chi connectivity index (χ4n) is 1.85. The van der Waals surface area contributed by atoms with Gasteiger partial charge in [-0.15, -0.1) is 0 Å². The normalized spacial score (nSPS) is 10.2. The minimum Gasteiger partial charge on any atom is -0.384 e. The van der Waals surface area contributed by atoms with Crippen molar-refractivity contribution in [3.8, 4) is 0 Å². The first-order valence-electron chi connectivity index (χ1n) is 6.09. The van der Waals surface area contributed by atoms with Crippen LogP contribution in [0.25, 0.3) is 0 Å². The Kier molecular flexibility index (Phi) is 4.07. The molecule has 0 aromatic carbocycles. The molecule has 2 aromatic rings. The van der Waals surface area contributed by atoms with Crippen LogP contribution < -0.4 is 10.6 Å². The maximum absolute atomic E-state index is 7.56. The molecular weight excluding hydrogens is 238 g/mol. The van der Waals surface area contributed by atoms with Crippen molar-refractivity contribution in [2.45, 2.75) is 6.42 Å². The summed E-state index contributed by atoms with van der Waals surface area (Å²) in [5, 5.41) is 7.56. The van der Waals surface area contributed by atoms with Gasteiger partial charge in [0.2, 0.25) is 0 Å². The molecule has 0 unspecified atom stereocenters. The highest BCUT2D eigenvalue weighted by molar-refractivity contribution is 5.99. The smallest absolute Gasteiger partial charge is 0.139 e. The van der Waals surface area contributed by atoms with Crippen molar-refractivity contribution in [2.24, 2.45) is 5.73 Å². The molecule has 2 aromatic heterocycles. The Morgan fingerprint density at radius 1 is 1.21 bits per heavy atom. The first kappa shape index (κ1) is 13.0. The van der Waals surface area contributed by atoms with E-state index in [-0.39, 0.29) is 5.84 Å². The third-order valence-electron chi connectivity index (χ3n) is 2.87. The molecule has 0 aliphatic carbocycles. The molecule has 0 fully saturated rings. The van der Waals surface area contributed by atoms with Crippen molar-refractivity contribution < 1.29 is 0 Å². The van der Waals surface area contributed by atoms with Crippen LogP contribution in [0.4, 0.5) is 5.82 Å². The van der Waals surface area contributed by atoms with Gasteiger partial charge in [0.15, 0.2) is 0 Å². The Labute approximate surface area is 112 Å². The maximum atomic E-state index is 7.56. The Morgan fingerprint density at radius 3 is 2.68 bits per heavy atom. The highest BCUT2D eigenvalue weighted by atomic mass is 15.2. The van der Waals surface area contributed by atoms with Crippen molar-refractivity contribution in [3.05, 3.63) is 54.0 Å². The molecule has 3 N–H and O–H groups in total. The van der Waals surface area contributed by atoms with E-state index in [4.69, 9.17) is 11.1 Å². The molecule has 98 valence electrons. The molecule has 0 bridgehead atoms. The van der Waals surface area contributed by atoms with Crippen LogP contribution in [-0.2, 0) is 6.42 Å². The Hall–Kier alpha value is -2.43. The molecule has 0 amide bonds. The fraction of sp³-hybridized carbons (Fsp3) is 0.214. The number of hydrogen-bond acceptors (Lipinski definition) is 4. The largest absolute Gasteiger partial charge is 0.384 e. The second kappa shape index (κ2) is 5.95. The summed E-state index contributed by atoms with van der Waals surface area (Å²) in [6.07, 6.45) is 4.32. The summed E-state index contributed by atoms with van der Waals surface area (Å²) in [6.45, 7) is 0.772. The second-order valence-electron chi connectivity index (χ2n) is 4.28. The van der Waals surface area contributed by atoms with Crippen LogP contribution in [0.2, 0.25) is 0 Å². The van der Waals surface area contributed by atoms with Crippen LogP contribution in [0.1, 0.15) is 11.3 Å². The minimum absolute atomic E-state index is 0.0350. The summed E-state index contributed by atoms with van der Waals surface area (Å²) in [5.41, 5.74) is 7.26. The standard InChI is InChI=1S/C14H17N5/c1-19(10-7-11-5-2-3-8-17-11)14-12(13(15)16)6-4-9-18-14/h2-6,8-9H,7,10H2,1H3,(H3,15,16). The summed E-state index contributed by atoms with van der Waals surface area (Å²) in [5.74, 6) is 0.763. The highest BCUT2D eigenvalue weighted by Crippen LogP contribution is 2.15. The van der Waals surface area contributed by atoms with E-state index in [1.807, 2.05) is 36.2 Å². The van der Waals surface area contributed by atoms with Gasteiger partial charge in [0.05, 0.1) is 5.56 Å². The van der Waals surface area contributed by atoms with Gasteiger partial charge in [0.1, 0.15) is 11.7 Å². The molecule has 2 rings (SSSR count). The van der Waals surface area contributed by atoms with Crippen LogP contribution in [-0.4, -0.2) is 29.4 Å². The Bertz CT molecular complexity index is 553. The van der Waals surface area contributed by atoms with Crippen LogP contribution in [0.15, 0.2) is 42.7 Å². The number of likely N-dealkylation sites (N-methyl/N-ethyl adjacent to an activating group) is 1. The summed E-state index contributed by atoms with van der Waals surface area (Å²) in [6, 6.07) is 9.47. The average molecular weight is 255 g/mol. The zero-order chi connectivity index (χ0) is 13.7. The Morgan fingerprint density at radius 2 is 2.00 bits per heavy atom. The number of nitrogens with zero attached hydrogens (tertiary/aromatic N) is 3. The van der Waals surface area contributed by atoms with Crippen molar-refractivity contribution in [1.82, 2.24) is 9.97 Å². The summed E-state index contributed by atoms with van der Waals surface area (Å²) in [7, 11) is 1.94. The molecule has 0 atom stereocenters. The van der Waals surface area contributed by atoms with Gasteiger partial charge >= 0.3 is 0 Å². The lowest BCUT2D eigenvalue weighted by Gasteiger charge is -2.20. The SMILES string of the molecule is CN(CCc1ccccn1)c1ncccc1C(=N)N. The number of nitrogens with two attached hydrogens (primary N) is 1. The van der Waals surface area contributed by atoms with Gasteiger partial charge in [0, 0.05) is 38.1 Å². The van der Waals surface area contributed by atoms with Gasteiger partial charge in [0.25, 0.3) is 0 Å². The predicted octanol–water partition coefficient (Wildman–Crippen LogP) is 1.44. The van der Waals surface area contributed by atoms with Gasteiger partial charge in [-0.25, -0.2) is 4.98 Å². The van der Waals surface area contributed by atoms with E-state index in [2.05, 4.69) is 9.97 Å². The van der Waals surface area contributed by atoms with Crippen LogP contribution in [0.5, 0.6) is 0 Å². The van der Waals surface area contributed by atoms with Gasteiger partial charge in [-0.3, -0.25) is 10.4 Å². The lowest BCUT2D eigenvalue weighted by molar-refractivity contribution is 0.838. The van der Waals surface area contributed by atoms with Gasteiger partial charge in [-0.2, -0.15) is 0 Å². The van der Waals surface area contributed by atoms with Crippen molar-refractivity contribution in [3.63, 3.8) is 0 Å². The molecule has 0 saturated heterocycles. The molecule has 5 nitrogen and oxygen atoms in total. The molecule has 0 radical (unpaired) electrons. The van der Waals surface area contributed by atoms with E-state index in [1.165, 1.54) is 0 Å². The summed E-state index contributed by atoms with van der Waals surface area (Å²) < 4.78 is 0. The van der Waals surface area contributed by atoms with Gasteiger partial charge < -0.3 is 10.6 Å². The lowest BCUT2D eigenvalue weighted by Crippen LogP contribution is -2.25. The number of aromatic nitrogens is 2. The quantitative estimate of drug-likeness (QED) is 0.626. The van der Waals surface area contributed by atoms with Crippen molar-refractivity contribution >= 4 is 11.7 Å². The molecule has 5 heteroatoms. The molecule has 0 spiro atoms.